The number of rotatable bonds is 5. The third-order valence-corrected chi connectivity index (χ3v) is 3.56. The third kappa shape index (κ3) is 3.33. The van der Waals surface area contributed by atoms with Gasteiger partial charge in [0.05, 0.1) is 21.3 Å². The van der Waals surface area contributed by atoms with Crippen molar-refractivity contribution in [3.05, 3.63) is 50.3 Å². The molecule has 6 nitrogen and oxygen atoms in total. The van der Waals surface area contributed by atoms with E-state index in [0.717, 1.165) is 23.2 Å². The Morgan fingerprint density at radius 3 is 2.76 bits per heavy atom. The average Bonchev–Trinajstić information content (AvgIpc) is 2.77. The molecule has 0 amide bonds. The first-order valence-corrected chi connectivity index (χ1v) is 7.00. The Hall–Kier alpha value is -2.08. The first-order valence-electron chi connectivity index (χ1n) is 6.62. The van der Waals surface area contributed by atoms with Gasteiger partial charge in [-0.2, -0.15) is 5.10 Å². The monoisotopic (exact) mass is 308 g/mol. The van der Waals surface area contributed by atoms with Crippen LogP contribution < -0.4 is 5.32 Å². The highest BCUT2D eigenvalue weighted by Gasteiger charge is 2.14. The molecule has 0 aliphatic heterocycles. The van der Waals surface area contributed by atoms with Gasteiger partial charge in [-0.15, -0.1) is 0 Å². The lowest BCUT2D eigenvalue weighted by Crippen LogP contribution is -2.04. The Kier molecular flexibility index (Phi) is 4.47. The van der Waals surface area contributed by atoms with Gasteiger partial charge in [0.25, 0.3) is 5.69 Å². The fourth-order valence-electron chi connectivity index (χ4n) is 2.27. The van der Waals surface area contributed by atoms with Gasteiger partial charge in [0.15, 0.2) is 0 Å². The maximum absolute atomic E-state index is 10.8. The molecule has 2 rings (SSSR count). The highest BCUT2D eigenvalue weighted by molar-refractivity contribution is 6.33. The van der Waals surface area contributed by atoms with Gasteiger partial charge in [-0.3, -0.25) is 14.8 Å². The predicted molar refractivity (Wildman–Crippen MR) is 82.8 cm³/mol. The summed E-state index contributed by atoms with van der Waals surface area (Å²) >= 11 is 6.14. The second kappa shape index (κ2) is 6.13. The molecule has 0 radical (unpaired) electrons. The molecule has 1 heterocycles. The number of nitro benzene ring substituents is 1. The minimum Gasteiger partial charge on any atom is -0.379 e. The quantitative estimate of drug-likeness (QED) is 0.678. The maximum atomic E-state index is 10.8. The molecule has 1 N–H and O–H groups in total. The molecule has 0 unspecified atom stereocenters. The Bertz CT molecular complexity index is 659. The van der Waals surface area contributed by atoms with Crippen LogP contribution in [0.25, 0.3) is 0 Å². The van der Waals surface area contributed by atoms with Gasteiger partial charge in [0, 0.05) is 37.5 Å². The van der Waals surface area contributed by atoms with Crippen molar-refractivity contribution in [3.63, 3.8) is 0 Å². The SMILES string of the molecule is CCc1nn(C)cc1CNc1c(C)cc([N+](=O)[O-])cc1Cl. The van der Waals surface area contributed by atoms with E-state index in [1.54, 1.807) is 11.6 Å². The number of hydrogen-bond acceptors (Lipinski definition) is 4. The summed E-state index contributed by atoms with van der Waals surface area (Å²) in [6, 6.07) is 2.87. The molecule has 0 fully saturated rings. The Labute approximate surface area is 127 Å². The summed E-state index contributed by atoms with van der Waals surface area (Å²) in [7, 11) is 1.88. The second-order valence-corrected chi connectivity index (χ2v) is 5.27. The number of halogens is 1. The molecule has 0 saturated heterocycles. The molecule has 0 atom stereocenters. The second-order valence-electron chi connectivity index (χ2n) is 4.86. The van der Waals surface area contributed by atoms with Crippen molar-refractivity contribution in [2.45, 2.75) is 26.8 Å². The zero-order valence-corrected chi connectivity index (χ0v) is 12.9. The van der Waals surface area contributed by atoms with Crippen molar-refractivity contribution >= 4 is 23.0 Å². The maximum Gasteiger partial charge on any atom is 0.271 e. The van der Waals surface area contributed by atoms with Gasteiger partial charge >= 0.3 is 0 Å². The minimum atomic E-state index is -0.445. The molecule has 0 saturated carbocycles. The normalized spacial score (nSPS) is 10.7. The molecule has 7 heteroatoms. The van der Waals surface area contributed by atoms with Crippen molar-refractivity contribution in [1.82, 2.24) is 9.78 Å². The Morgan fingerprint density at radius 1 is 1.48 bits per heavy atom. The summed E-state index contributed by atoms with van der Waals surface area (Å²) < 4.78 is 1.78. The van der Waals surface area contributed by atoms with Crippen LogP contribution in [0.15, 0.2) is 18.3 Å². The van der Waals surface area contributed by atoms with Gasteiger partial charge in [-0.1, -0.05) is 18.5 Å². The smallest absolute Gasteiger partial charge is 0.271 e. The third-order valence-electron chi connectivity index (χ3n) is 3.27. The van der Waals surface area contributed by atoms with E-state index in [0.29, 0.717) is 17.3 Å². The molecule has 1 aromatic carbocycles. The largest absolute Gasteiger partial charge is 0.379 e. The summed E-state index contributed by atoms with van der Waals surface area (Å²) in [6.07, 6.45) is 2.81. The molecule has 0 aliphatic carbocycles. The fourth-order valence-corrected chi connectivity index (χ4v) is 2.60. The van der Waals surface area contributed by atoms with Crippen LogP contribution in [0.3, 0.4) is 0 Å². The highest BCUT2D eigenvalue weighted by atomic mass is 35.5. The number of anilines is 1. The zero-order valence-electron chi connectivity index (χ0n) is 12.2. The molecule has 0 bridgehead atoms. The van der Waals surface area contributed by atoms with E-state index in [1.165, 1.54) is 12.1 Å². The van der Waals surface area contributed by atoms with Crippen LogP contribution in [0.5, 0.6) is 0 Å². The van der Waals surface area contributed by atoms with E-state index in [1.807, 2.05) is 13.2 Å². The van der Waals surface area contributed by atoms with E-state index in [4.69, 9.17) is 11.6 Å². The number of aryl methyl sites for hydroxylation is 3. The lowest BCUT2D eigenvalue weighted by atomic mass is 10.1. The van der Waals surface area contributed by atoms with Crippen molar-refractivity contribution in [1.29, 1.82) is 0 Å². The Balaban J connectivity index is 2.22. The molecule has 1 aromatic heterocycles. The van der Waals surface area contributed by atoms with E-state index in [9.17, 15) is 10.1 Å². The van der Waals surface area contributed by atoms with Crippen LogP contribution in [0.2, 0.25) is 5.02 Å². The van der Waals surface area contributed by atoms with E-state index in [2.05, 4.69) is 17.3 Å². The minimum absolute atomic E-state index is 0.00123. The van der Waals surface area contributed by atoms with Crippen LogP contribution in [0, 0.1) is 17.0 Å². The highest BCUT2D eigenvalue weighted by Crippen LogP contribution is 2.31. The number of nitro groups is 1. The summed E-state index contributed by atoms with van der Waals surface area (Å²) in [5.41, 5.74) is 3.58. The van der Waals surface area contributed by atoms with E-state index in [-0.39, 0.29) is 5.69 Å². The molecule has 21 heavy (non-hydrogen) atoms. The van der Waals surface area contributed by atoms with Gasteiger partial charge in [-0.25, -0.2) is 0 Å². The van der Waals surface area contributed by atoms with Crippen LogP contribution in [0.1, 0.15) is 23.7 Å². The number of nitrogens with one attached hydrogen (secondary N) is 1. The van der Waals surface area contributed by atoms with Crippen molar-refractivity contribution in [3.8, 4) is 0 Å². The van der Waals surface area contributed by atoms with E-state index < -0.39 is 4.92 Å². The van der Waals surface area contributed by atoms with Gasteiger partial charge in [0.1, 0.15) is 0 Å². The van der Waals surface area contributed by atoms with Crippen LogP contribution in [-0.4, -0.2) is 14.7 Å². The predicted octanol–water partition coefficient (Wildman–Crippen LogP) is 3.46. The number of benzene rings is 1. The molecule has 0 spiro atoms. The first-order chi connectivity index (χ1) is 9.92. The number of hydrogen-bond donors (Lipinski definition) is 1. The number of non-ortho nitro benzene ring substituents is 1. The molecular formula is C14H17ClN4O2. The molecular weight excluding hydrogens is 292 g/mol. The van der Waals surface area contributed by atoms with Gasteiger partial charge < -0.3 is 5.32 Å². The molecule has 2 aromatic rings. The average molecular weight is 309 g/mol. The topological polar surface area (TPSA) is 73.0 Å². The lowest BCUT2D eigenvalue weighted by Gasteiger charge is -2.11. The summed E-state index contributed by atoms with van der Waals surface area (Å²) in [6.45, 7) is 4.43. The van der Waals surface area contributed by atoms with Gasteiger partial charge in [0.2, 0.25) is 0 Å². The molecule has 0 aliphatic rings. The first kappa shape index (κ1) is 15.3. The number of aromatic nitrogens is 2. The molecule has 112 valence electrons. The zero-order chi connectivity index (χ0) is 15.6. The van der Waals surface area contributed by atoms with Crippen LogP contribution in [0.4, 0.5) is 11.4 Å². The lowest BCUT2D eigenvalue weighted by molar-refractivity contribution is -0.384. The standard InChI is InChI=1S/C14H17ClN4O2/c1-4-13-10(8-18(3)17-13)7-16-14-9(2)5-11(19(20)21)6-12(14)15/h5-6,8,16H,4,7H2,1-3H3. The van der Waals surface area contributed by atoms with Crippen molar-refractivity contribution in [2.24, 2.45) is 7.05 Å². The summed E-state index contributed by atoms with van der Waals surface area (Å²) in [5.74, 6) is 0. The van der Waals surface area contributed by atoms with Crippen molar-refractivity contribution in [2.75, 3.05) is 5.32 Å². The summed E-state index contributed by atoms with van der Waals surface area (Å²) in [5, 5.41) is 18.8. The van der Waals surface area contributed by atoms with Crippen LogP contribution in [-0.2, 0) is 20.0 Å². The summed E-state index contributed by atoms with van der Waals surface area (Å²) in [4.78, 5) is 10.4. The van der Waals surface area contributed by atoms with Crippen molar-refractivity contribution < 1.29 is 4.92 Å². The van der Waals surface area contributed by atoms with E-state index >= 15 is 0 Å². The number of nitrogens with zero attached hydrogens (tertiary/aromatic N) is 3. The Morgan fingerprint density at radius 2 is 2.19 bits per heavy atom. The van der Waals surface area contributed by atoms with Crippen LogP contribution >= 0.6 is 11.6 Å². The van der Waals surface area contributed by atoms with Gasteiger partial charge in [-0.05, 0) is 18.9 Å². The fraction of sp³-hybridized carbons (Fsp3) is 0.357.